The van der Waals surface area contributed by atoms with Crippen molar-refractivity contribution in [3.05, 3.63) is 0 Å². The van der Waals surface area contributed by atoms with E-state index < -0.39 is 7.82 Å². The Morgan fingerprint density at radius 1 is 1.22 bits per heavy atom. The van der Waals surface area contributed by atoms with Crippen LogP contribution in [0.25, 0.3) is 0 Å². The molecule has 0 aromatic carbocycles. The molecule has 0 aromatic heterocycles. The van der Waals surface area contributed by atoms with E-state index in [1.165, 1.54) is 0 Å². The molecular formula is H6CaFO6P. The van der Waals surface area contributed by atoms with Crippen LogP contribution in [0.3, 0.4) is 0 Å². The van der Waals surface area contributed by atoms with Gasteiger partial charge in [-0.1, -0.05) is 0 Å². The van der Waals surface area contributed by atoms with E-state index in [-0.39, 0.29) is 53.4 Å². The summed E-state index contributed by atoms with van der Waals surface area (Å²) < 4.78 is 8.66. The van der Waals surface area contributed by atoms with E-state index in [2.05, 4.69) is 0 Å². The summed E-state index contributed by atoms with van der Waals surface area (Å²) in [4.78, 5) is 24.3. The van der Waals surface area contributed by atoms with E-state index >= 15 is 0 Å². The number of halogens is 1. The first-order valence-electron chi connectivity index (χ1n) is 0.748. The third-order valence-electron chi connectivity index (χ3n) is 0. The fraction of sp³-hybridized carbons (Fsp3) is 0. The molecule has 0 aliphatic rings. The first kappa shape index (κ1) is 31.9. The van der Waals surface area contributed by atoms with Crippen molar-refractivity contribution in [3.63, 3.8) is 0 Å². The molecule has 0 atom stereocenters. The molecule has 6 nitrogen and oxygen atoms in total. The topological polar surface area (TPSA) is 146 Å². The van der Waals surface area contributed by atoms with Gasteiger partial charge in [-0.15, -0.1) is 0 Å². The summed E-state index contributed by atoms with van der Waals surface area (Å²) in [5.41, 5.74) is 0. The van der Waals surface area contributed by atoms with Crippen LogP contribution in [0.5, 0.6) is 0 Å². The van der Waals surface area contributed by atoms with Gasteiger partial charge in [0, 0.05) is 0 Å². The van der Waals surface area contributed by atoms with E-state index in [0.717, 1.165) is 0 Å². The molecule has 0 rings (SSSR count). The second kappa shape index (κ2) is 12.0. The average molecular weight is 192 g/mol. The number of hydrogen-bond acceptors (Lipinski definition) is 3. The van der Waals surface area contributed by atoms with Crippen molar-refractivity contribution in [2.24, 2.45) is 0 Å². The second-order valence-electron chi connectivity index (χ2n) is 0.469. The van der Waals surface area contributed by atoms with Crippen molar-refractivity contribution in [2.75, 3.05) is 0 Å². The Bertz CT molecular complexity index is 59.2. The van der Waals surface area contributed by atoms with E-state index in [1.807, 2.05) is 0 Å². The van der Waals surface area contributed by atoms with Crippen molar-refractivity contribution in [3.8, 4) is 0 Å². The summed E-state index contributed by atoms with van der Waals surface area (Å²) in [6.45, 7) is 0. The summed E-state index contributed by atoms with van der Waals surface area (Å²) in [7, 11) is -5.14. The van der Waals surface area contributed by atoms with E-state index in [9.17, 15) is 0 Å². The van der Waals surface area contributed by atoms with Crippen LogP contribution in [-0.2, 0) is 4.57 Å². The average Bonchev–Trinajstić information content (AvgIpc) is 0.722. The third-order valence-corrected chi connectivity index (χ3v) is 0. The van der Waals surface area contributed by atoms with Crippen LogP contribution in [0.4, 0.5) is 4.70 Å². The SMILES string of the molecule is F.O.O.O=P([O-])([O-])O.[Ca+2]. The van der Waals surface area contributed by atoms with Gasteiger partial charge in [0.2, 0.25) is 0 Å². The van der Waals surface area contributed by atoms with Gasteiger partial charge in [-0.2, -0.15) is 0 Å². The minimum Gasteiger partial charge on any atom is -0.790 e. The van der Waals surface area contributed by atoms with Crippen LogP contribution in [-0.4, -0.2) is 53.6 Å². The normalized spacial score (nSPS) is 6.56. The smallest absolute Gasteiger partial charge is 0.790 e. The molecule has 0 amide bonds. The zero-order chi connectivity index (χ0) is 4.50. The van der Waals surface area contributed by atoms with Crippen LogP contribution in [0.15, 0.2) is 0 Å². The fourth-order valence-corrected chi connectivity index (χ4v) is 0. The maximum atomic E-state index is 8.66. The quantitative estimate of drug-likeness (QED) is 0.307. The monoisotopic (exact) mass is 192 g/mol. The molecule has 9 heteroatoms. The minimum absolute atomic E-state index is 0. The Kier molecular flexibility index (Phi) is 42.3. The van der Waals surface area contributed by atoms with Crippen LogP contribution < -0.4 is 9.79 Å². The van der Waals surface area contributed by atoms with E-state index in [1.54, 1.807) is 0 Å². The summed E-state index contributed by atoms with van der Waals surface area (Å²) in [5, 5.41) is 0. The molecular weight excluding hydrogens is 186 g/mol. The first-order valence-corrected chi connectivity index (χ1v) is 2.24. The van der Waals surface area contributed by atoms with E-state index in [4.69, 9.17) is 19.2 Å². The van der Waals surface area contributed by atoms with Gasteiger partial charge in [0.05, 0.1) is 7.82 Å². The summed E-state index contributed by atoms with van der Waals surface area (Å²) in [6, 6.07) is 0. The zero-order valence-corrected chi connectivity index (χ0v) is 7.34. The zero-order valence-electron chi connectivity index (χ0n) is 4.23. The second-order valence-corrected chi connectivity index (χ2v) is 1.41. The molecule has 0 saturated carbocycles. The Morgan fingerprint density at radius 2 is 1.22 bits per heavy atom. The van der Waals surface area contributed by atoms with Crippen molar-refractivity contribution in [1.82, 2.24) is 0 Å². The van der Waals surface area contributed by atoms with Crippen molar-refractivity contribution in [2.45, 2.75) is 0 Å². The standard InChI is InChI=1S/Ca.FH.H3O4P.2H2O/c;;1-5(2,3)4;;/h;1H;(H3,1,2,3,4);2*1H2/q+2;;;;/p-2. The maximum Gasteiger partial charge on any atom is 2.00 e. The molecule has 0 radical (unpaired) electrons. The van der Waals surface area contributed by atoms with Crippen molar-refractivity contribution < 1.29 is 34.9 Å². The molecule has 0 saturated heterocycles. The van der Waals surface area contributed by atoms with Gasteiger partial charge in [-0.05, 0) is 0 Å². The molecule has 0 heterocycles. The van der Waals surface area contributed by atoms with Crippen LogP contribution in [0.2, 0.25) is 0 Å². The van der Waals surface area contributed by atoms with E-state index in [0.29, 0.717) is 0 Å². The van der Waals surface area contributed by atoms with Gasteiger partial charge in [-0.25, -0.2) is 0 Å². The third kappa shape index (κ3) is 323. The molecule has 0 fully saturated rings. The van der Waals surface area contributed by atoms with Crippen LogP contribution in [0, 0.1) is 0 Å². The molecule has 0 aliphatic heterocycles. The largest absolute Gasteiger partial charge is 2.00 e. The summed E-state index contributed by atoms with van der Waals surface area (Å²) in [5.74, 6) is 0. The van der Waals surface area contributed by atoms with Gasteiger partial charge in [-0.3, -0.25) is 4.70 Å². The Labute approximate surface area is 80.1 Å². The Morgan fingerprint density at radius 3 is 1.22 bits per heavy atom. The van der Waals surface area contributed by atoms with Gasteiger partial charge in [0.15, 0.2) is 0 Å². The van der Waals surface area contributed by atoms with Crippen LogP contribution >= 0.6 is 7.82 Å². The van der Waals surface area contributed by atoms with Gasteiger partial charge in [0.25, 0.3) is 0 Å². The predicted molar refractivity (Wildman–Crippen MR) is 25.3 cm³/mol. The molecule has 0 aromatic rings. The Balaban J connectivity index is -0.0000000133. The van der Waals surface area contributed by atoms with Gasteiger partial charge >= 0.3 is 37.7 Å². The predicted octanol–water partition coefficient (Wildman–Crippen LogP) is -4.07. The van der Waals surface area contributed by atoms with Crippen molar-refractivity contribution >= 4 is 45.6 Å². The molecule has 0 bridgehead atoms. The molecule has 0 unspecified atom stereocenters. The van der Waals surface area contributed by atoms with Gasteiger partial charge in [0.1, 0.15) is 0 Å². The molecule has 9 heavy (non-hydrogen) atoms. The molecule has 5 N–H and O–H groups in total. The summed E-state index contributed by atoms with van der Waals surface area (Å²) >= 11 is 0. The molecule has 0 aliphatic carbocycles. The van der Waals surface area contributed by atoms with Crippen LogP contribution in [0.1, 0.15) is 0 Å². The number of rotatable bonds is 0. The minimum atomic E-state index is -5.14. The van der Waals surface area contributed by atoms with Gasteiger partial charge < -0.3 is 30.2 Å². The Hall–Kier alpha value is 1.22. The number of phosphoric acid groups is 1. The molecule has 56 valence electrons. The number of hydrogen-bond donors (Lipinski definition) is 1. The van der Waals surface area contributed by atoms with Crippen molar-refractivity contribution in [1.29, 1.82) is 0 Å². The first-order chi connectivity index (χ1) is 2.00. The summed E-state index contributed by atoms with van der Waals surface area (Å²) in [6.07, 6.45) is 0. The fourth-order valence-electron chi connectivity index (χ4n) is 0. The maximum absolute atomic E-state index is 8.66. The molecule has 0 spiro atoms.